The van der Waals surface area contributed by atoms with Gasteiger partial charge in [0.05, 0.1) is 11.1 Å². The maximum atomic E-state index is 13.4. The Morgan fingerprint density at radius 1 is 0.971 bits per heavy atom. The van der Waals surface area contributed by atoms with E-state index in [1.807, 2.05) is 24.3 Å². The maximum Gasteiger partial charge on any atom is 0.416 e. The van der Waals surface area contributed by atoms with Gasteiger partial charge in [0, 0.05) is 31.5 Å². The van der Waals surface area contributed by atoms with E-state index < -0.39 is 29.1 Å². The third-order valence-corrected chi connectivity index (χ3v) is 6.15. The fourth-order valence-corrected chi connectivity index (χ4v) is 4.38. The van der Waals surface area contributed by atoms with E-state index in [0.29, 0.717) is 12.8 Å². The van der Waals surface area contributed by atoms with Crippen molar-refractivity contribution in [2.45, 2.75) is 32.0 Å². The molecule has 35 heavy (non-hydrogen) atoms. The molecule has 0 bridgehead atoms. The largest absolute Gasteiger partial charge is 0.416 e. The van der Waals surface area contributed by atoms with Crippen molar-refractivity contribution in [2.24, 2.45) is 0 Å². The summed E-state index contributed by atoms with van der Waals surface area (Å²) in [6.45, 7) is 1.47. The van der Waals surface area contributed by atoms with Gasteiger partial charge in [-0.3, -0.25) is 19.0 Å². The monoisotopic (exact) mass is 483 g/mol. The lowest BCUT2D eigenvalue weighted by Gasteiger charge is -2.20. The number of pyridine rings is 1. The number of benzene rings is 2. The number of fused-ring (bicyclic) bond motifs is 1. The van der Waals surface area contributed by atoms with Gasteiger partial charge < -0.3 is 10.2 Å². The molecule has 1 aromatic heterocycles. The number of rotatable bonds is 4. The SMILES string of the molecule is Cc1c(C(=O)N(C)C)cc(C(=O)NC2Cc3ccccc3C2)c(=O)n1-c1cccc(C(F)(F)F)c1. The van der Waals surface area contributed by atoms with Crippen LogP contribution < -0.4 is 10.9 Å². The van der Waals surface area contributed by atoms with Crippen LogP contribution in [-0.4, -0.2) is 41.4 Å². The highest BCUT2D eigenvalue weighted by atomic mass is 19.4. The minimum absolute atomic E-state index is 0.0480. The first-order valence-electron chi connectivity index (χ1n) is 11.0. The van der Waals surface area contributed by atoms with Gasteiger partial charge in [0.15, 0.2) is 0 Å². The molecule has 0 saturated heterocycles. The molecular formula is C26H24F3N3O3. The Morgan fingerprint density at radius 3 is 2.17 bits per heavy atom. The van der Waals surface area contributed by atoms with Crippen molar-refractivity contribution < 1.29 is 22.8 Å². The highest BCUT2D eigenvalue weighted by Crippen LogP contribution is 2.30. The number of nitrogens with one attached hydrogen (secondary N) is 1. The molecular weight excluding hydrogens is 459 g/mol. The van der Waals surface area contributed by atoms with Gasteiger partial charge >= 0.3 is 6.18 Å². The van der Waals surface area contributed by atoms with E-state index in [0.717, 1.165) is 27.8 Å². The van der Waals surface area contributed by atoms with Crippen LogP contribution in [0.2, 0.25) is 0 Å². The van der Waals surface area contributed by atoms with E-state index >= 15 is 0 Å². The van der Waals surface area contributed by atoms with Crippen LogP contribution in [0.4, 0.5) is 13.2 Å². The molecule has 1 aliphatic carbocycles. The van der Waals surface area contributed by atoms with Crippen LogP contribution in [0.5, 0.6) is 0 Å². The van der Waals surface area contributed by atoms with Crippen molar-refractivity contribution in [1.82, 2.24) is 14.8 Å². The van der Waals surface area contributed by atoms with Crippen LogP contribution in [0, 0.1) is 6.92 Å². The van der Waals surface area contributed by atoms with Crippen LogP contribution in [-0.2, 0) is 19.0 Å². The number of nitrogens with zero attached hydrogens (tertiary/aromatic N) is 2. The highest BCUT2D eigenvalue weighted by molar-refractivity contribution is 6.00. The van der Waals surface area contributed by atoms with Crippen molar-refractivity contribution in [3.63, 3.8) is 0 Å². The van der Waals surface area contributed by atoms with E-state index in [4.69, 9.17) is 0 Å². The molecule has 0 fully saturated rings. The average Bonchev–Trinajstić information content (AvgIpc) is 3.20. The zero-order valence-electron chi connectivity index (χ0n) is 19.4. The van der Waals surface area contributed by atoms with Gasteiger partial charge in [-0.05, 0) is 55.2 Å². The normalized spacial score (nSPS) is 13.4. The molecule has 0 atom stereocenters. The Hall–Kier alpha value is -3.88. The predicted octanol–water partition coefficient (Wildman–Crippen LogP) is 3.76. The Morgan fingerprint density at radius 2 is 1.60 bits per heavy atom. The first-order chi connectivity index (χ1) is 16.5. The number of aromatic nitrogens is 1. The molecule has 1 aliphatic rings. The lowest BCUT2D eigenvalue weighted by atomic mass is 10.1. The van der Waals surface area contributed by atoms with E-state index in [2.05, 4.69) is 5.32 Å². The van der Waals surface area contributed by atoms with Crippen molar-refractivity contribution in [1.29, 1.82) is 0 Å². The van der Waals surface area contributed by atoms with E-state index in [-0.39, 0.29) is 28.6 Å². The number of hydrogen-bond acceptors (Lipinski definition) is 3. The summed E-state index contributed by atoms with van der Waals surface area (Å²) in [5.41, 5.74) is 0.251. The first-order valence-corrected chi connectivity index (χ1v) is 11.0. The molecule has 2 aromatic carbocycles. The molecule has 182 valence electrons. The van der Waals surface area contributed by atoms with E-state index in [1.165, 1.54) is 44.1 Å². The lowest BCUT2D eigenvalue weighted by Crippen LogP contribution is -2.40. The Balaban J connectivity index is 1.79. The second kappa shape index (κ2) is 9.05. The van der Waals surface area contributed by atoms with Gasteiger partial charge in [-0.15, -0.1) is 0 Å². The quantitative estimate of drug-likeness (QED) is 0.614. The number of hydrogen-bond donors (Lipinski definition) is 1. The smallest absolute Gasteiger partial charge is 0.348 e. The second-order valence-corrected chi connectivity index (χ2v) is 8.79. The highest BCUT2D eigenvalue weighted by Gasteiger charge is 2.31. The maximum absolute atomic E-state index is 13.4. The topological polar surface area (TPSA) is 71.4 Å². The molecule has 0 spiro atoms. The van der Waals surface area contributed by atoms with Gasteiger partial charge in [-0.2, -0.15) is 13.2 Å². The third-order valence-electron chi connectivity index (χ3n) is 6.15. The van der Waals surface area contributed by atoms with Crippen LogP contribution >= 0.6 is 0 Å². The summed E-state index contributed by atoms with van der Waals surface area (Å²) >= 11 is 0. The molecule has 0 saturated carbocycles. The molecule has 1 heterocycles. The van der Waals surface area contributed by atoms with Crippen molar-refractivity contribution >= 4 is 11.8 Å². The number of halogens is 3. The minimum Gasteiger partial charge on any atom is -0.348 e. The molecule has 9 heteroatoms. The van der Waals surface area contributed by atoms with Crippen LogP contribution in [0.3, 0.4) is 0 Å². The standard InChI is InChI=1S/C26H24F3N3O3/c1-15-21(24(34)31(2)3)14-22(23(33)30-19-11-16-7-4-5-8-17(16)12-19)25(35)32(15)20-10-6-9-18(13-20)26(27,28)29/h4-10,13-14,19H,11-12H2,1-3H3,(H,30,33). The van der Waals surface area contributed by atoms with Crippen molar-refractivity contribution in [2.75, 3.05) is 14.1 Å². The van der Waals surface area contributed by atoms with Gasteiger partial charge in [0.2, 0.25) is 0 Å². The Labute approximate surface area is 200 Å². The van der Waals surface area contributed by atoms with Crippen molar-refractivity contribution in [3.05, 3.63) is 98.5 Å². The fourth-order valence-electron chi connectivity index (χ4n) is 4.38. The molecule has 0 radical (unpaired) electrons. The van der Waals surface area contributed by atoms with Crippen LogP contribution in [0.15, 0.2) is 59.4 Å². The van der Waals surface area contributed by atoms with E-state index in [9.17, 15) is 27.6 Å². The molecule has 6 nitrogen and oxygen atoms in total. The summed E-state index contributed by atoms with van der Waals surface area (Å²) < 4.78 is 41.0. The predicted molar refractivity (Wildman–Crippen MR) is 125 cm³/mol. The number of carbonyl (C=O) groups excluding carboxylic acids is 2. The van der Waals surface area contributed by atoms with Gasteiger partial charge in [0.25, 0.3) is 17.4 Å². The summed E-state index contributed by atoms with van der Waals surface area (Å²) in [7, 11) is 3.02. The summed E-state index contributed by atoms with van der Waals surface area (Å²) in [6, 6.07) is 13.0. The van der Waals surface area contributed by atoms with Gasteiger partial charge in [-0.1, -0.05) is 30.3 Å². The molecule has 0 aliphatic heterocycles. The number of amides is 2. The minimum atomic E-state index is -4.62. The molecule has 3 aromatic rings. The first kappa shape index (κ1) is 24.3. The fraction of sp³-hybridized carbons (Fsp3) is 0.269. The van der Waals surface area contributed by atoms with Gasteiger partial charge in [-0.25, -0.2) is 0 Å². The summed E-state index contributed by atoms with van der Waals surface area (Å²) in [5, 5.41) is 2.85. The van der Waals surface area contributed by atoms with E-state index in [1.54, 1.807) is 0 Å². The average molecular weight is 483 g/mol. The van der Waals surface area contributed by atoms with Crippen LogP contribution in [0.1, 0.15) is 43.1 Å². The number of carbonyl (C=O) groups is 2. The third kappa shape index (κ3) is 4.71. The molecule has 4 rings (SSSR count). The molecule has 1 N–H and O–H groups in total. The molecule has 2 amide bonds. The number of alkyl halides is 3. The summed E-state index contributed by atoms with van der Waals surface area (Å²) in [5.74, 6) is -1.16. The van der Waals surface area contributed by atoms with Crippen molar-refractivity contribution in [3.8, 4) is 5.69 Å². The second-order valence-electron chi connectivity index (χ2n) is 8.79. The lowest BCUT2D eigenvalue weighted by molar-refractivity contribution is -0.137. The van der Waals surface area contributed by atoms with Crippen LogP contribution in [0.25, 0.3) is 5.69 Å². The zero-order valence-corrected chi connectivity index (χ0v) is 19.4. The Bertz CT molecular complexity index is 1350. The van der Waals surface area contributed by atoms with Gasteiger partial charge in [0.1, 0.15) is 5.56 Å². The molecule has 0 unspecified atom stereocenters. The zero-order chi connectivity index (χ0) is 25.5. The summed E-state index contributed by atoms with van der Waals surface area (Å²) in [4.78, 5) is 40.8. The summed E-state index contributed by atoms with van der Waals surface area (Å²) in [6.07, 6.45) is -3.43. The Kier molecular flexibility index (Phi) is 6.27.